The average Bonchev–Trinajstić information content (AvgIpc) is 3.03. The Morgan fingerprint density at radius 1 is 1.04 bits per heavy atom. The van der Waals surface area contributed by atoms with Crippen molar-refractivity contribution in [2.24, 2.45) is 0 Å². The summed E-state index contributed by atoms with van der Waals surface area (Å²) in [6, 6.07) is 15.4. The summed E-state index contributed by atoms with van der Waals surface area (Å²) in [5.41, 5.74) is 9.21. The van der Waals surface area contributed by atoms with Gasteiger partial charge in [0.25, 0.3) is 0 Å². The van der Waals surface area contributed by atoms with Crippen LogP contribution < -0.4 is 16.2 Å². The topological polar surface area (TPSA) is 92.9 Å². The third-order valence-electron chi connectivity index (χ3n) is 3.96. The predicted octanol–water partition coefficient (Wildman–Crippen LogP) is 3.80. The molecule has 0 radical (unpaired) electrons. The summed E-state index contributed by atoms with van der Waals surface area (Å²) >= 11 is 10.5. The van der Waals surface area contributed by atoms with E-state index >= 15 is 0 Å². The number of aromatic nitrogens is 3. The van der Waals surface area contributed by atoms with Crippen molar-refractivity contribution in [1.82, 2.24) is 25.1 Å². The molecule has 0 aliphatic rings. The highest BCUT2D eigenvalue weighted by atomic mass is 32.1. The smallest absolute Gasteiger partial charge is 0.335 e. The second-order valence-electron chi connectivity index (χ2n) is 6.25. The Kier molecular flexibility index (Phi) is 6.12. The molecule has 5 N–H and O–H groups in total. The molecule has 28 heavy (non-hydrogen) atoms. The normalized spacial score (nSPS) is 10.4. The summed E-state index contributed by atoms with van der Waals surface area (Å²) in [7, 11) is 3.36. The number of hydrogen-bond donors (Lipinski definition) is 5. The van der Waals surface area contributed by atoms with E-state index in [9.17, 15) is 4.79 Å². The van der Waals surface area contributed by atoms with Gasteiger partial charge in [0.2, 0.25) is 0 Å². The summed E-state index contributed by atoms with van der Waals surface area (Å²) in [4.78, 5) is 13.0. The van der Waals surface area contributed by atoms with Crippen LogP contribution in [0.4, 0.5) is 16.2 Å². The number of urea groups is 1. The first-order valence-electron chi connectivity index (χ1n) is 8.50. The Bertz CT molecular complexity index is 1040. The van der Waals surface area contributed by atoms with Crippen LogP contribution in [0.3, 0.4) is 0 Å². The second-order valence-corrected chi connectivity index (χ2v) is 7.02. The minimum Gasteiger partial charge on any atom is -0.381 e. The van der Waals surface area contributed by atoms with Crippen molar-refractivity contribution < 1.29 is 4.79 Å². The van der Waals surface area contributed by atoms with Gasteiger partial charge >= 0.3 is 6.03 Å². The summed E-state index contributed by atoms with van der Waals surface area (Å²) in [5.74, 6) is 0. The molecule has 0 atom stereocenters. The number of nitrogens with zero attached hydrogens (tertiary/aromatic N) is 2. The molecule has 0 saturated carbocycles. The molecule has 0 saturated heterocycles. The van der Waals surface area contributed by atoms with Gasteiger partial charge in [-0.15, -0.1) is 0 Å². The first kappa shape index (κ1) is 19.6. The first-order valence-corrected chi connectivity index (χ1v) is 9.32. The van der Waals surface area contributed by atoms with Crippen LogP contribution in [0, 0.1) is 9.54 Å². The standard InChI is InChI=1S/C18H21N7OS2/c1-24(2)16(26)21-20-13-8-6-12(7-9-13)11-19-14-4-3-5-15(10-14)25-17(27)22-23-18(25)28/h3-10,19-20H,11H2,1-2H3,(H,21,26)(H,22,27)(H,23,28). The van der Waals surface area contributed by atoms with Crippen molar-refractivity contribution in [3.63, 3.8) is 0 Å². The Morgan fingerprint density at radius 2 is 1.71 bits per heavy atom. The van der Waals surface area contributed by atoms with Crippen molar-refractivity contribution in [2.75, 3.05) is 24.8 Å². The third-order valence-corrected chi connectivity index (χ3v) is 4.53. The van der Waals surface area contributed by atoms with Crippen molar-refractivity contribution in [1.29, 1.82) is 0 Å². The van der Waals surface area contributed by atoms with E-state index in [1.807, 2.05) is 48.5 Å². The molecule has 10 heteroatoms. The van der Waals surface area contributed by atoms with Crippen molar-refractivity contribution in [3.8, 4) is 5.69 Å². The second kappa shape index (κ2) is 8.72. The molecule has 3 aromatic rings. The fourth-order valence-electron chi connectivity index (χ4n) is 2.45. The van der Waals surface area contributed by atoms with Crippen LogP contribution in [-0.2, 0) is 6.54 Å². The molecule has 2 aromatic carbocycles. The van der Waals surface area contributed by atoms with E-state index in [1.54, 1.807) is 18.7 Å². The highest BCUT2D eigenvalue weighted by Crippen LogP contribution is 2.17. The summed E-state index contributed by atoms with van der Waals surface area (Å²) < 4.78 is 2.80. The number of carbonyl (C=O) groups excluding carboxylic acids is 1. The van der Waals surface area contributed by atoms with Crippen LogP contribution in [0.5, 0.6) is 0 Å². The van der Waals surface area contributed by atoms with E-state index in [2.05, 4.69) is 26.4 Å². The molecular weight excluding hydrogens is 394 g/mol. The minimum atomic E-state index is -0.215. The lowest BCUT2D eigenvalue weighted by atomic mass is 10.2. The number of hydrazine groups is 1. The zero-order valence-electron chi connectivity index (χ0n) is 15.4. The number of aromatic amines is 2. The van der Waals surface area contributed by atoms with Gasteiger partial charge in [0, 0.05) is 26.3 Å². The quantitative estimate of drug-likeness (QED) is 0.312. The molecule has 0 spiro atoms. The Hall–Kier alpha value is -3.11. The van der Waals surface area contributed by atoms with Crippen molar-refractivity contribution in [3.05, 3.63) is 63.6 Å². The Labute approximate surface area is 172 Å². The van der Waals surface area contributed by atoms with Gasteiger partial charge in [-0.25, -0.2) is 4.79 Å². The van der Waals surface area contributed by atoms with Crippen LogP contribution in [0.2, 0.25) is 0 Å². The molecule has 146 valence electrons. The molecule has 0 aliphatic carbocycles. The van der Waals surface area contributed by atoms with E-state index in [0.717, 1.165) is 22.6 Å². The number of anilines is 2. The number of nitrogens with one attached hydrogen (secondary N) is 5. The summed E-state index contributed by atoms with van der Waals surface area (Å²) in [6.07, 6.45) is 0. The van der Waals surface area contributed by atoms with Gasteiger partial charge in [-0.3, -0.25) is 25.6 Å². The van der Waals surface area contributed by atoms with Crippen LogP contribution in [0.15, 0.2) is 48.5 Å². The molecule has 2 amide bonds. The summed E-state index contributed by atoms with van der Waals surface area (Å²) in [5, 5.41) is 9.06. The van der Waals surface area contributed by atoms with Crippen molar-refractivity contribution in [2.45, 2.75) is 6.54 Å². The van der Waals surface area contributed by atoms with E-state index in [0.29, 0.717) is 16.1 Å². The molecule has 3 rings (SSSR count). The number of benzene rings is 2. The molecule has 0 unspecified atom stereocenters. The van der Waals surface area contributed by atoms with Gasteiger partial charge in [-0.1, -0.05) is 18.2 Å². The van der Waals surface area contributed by atoms with Crippen LogP contribution in [0.25, 0.3) is 5.69 Å². The number of H-pyrrole nitrogens is 2. The lowest BCUT2D eigenvalue weighted by molar-refractivity contribution is 0.219. The Morgan fingerprint density at radius 3 is 2.36 bits per heavy atom. The highest BCUT2D eigenvalue weighted by molar-refractivity contribution is 7.72. The van der Waals surface area contributed by atoms with Crippen LogP contribution >= 0.6 is 24.4 Å². The molecular formula is C18H21N7OS2. The van der Waals surface area contributed by atoms with E-state index in [4.69, 9.17) is 24.4 Å². The first-order chi connectivity index (χ1) is 13.4. The van der Waals surface area contributed by atoms with E-state index < -0.39 is 0 Å². The van der Waals surface area contributed by atoms with Gasteiger partial charge in [0.1, 0.15) is 0 Å². The van der Waals surface area contributed by atoms with Gasteiger partial charge < -0.3 is 10.2 Å². The maximum atomic E-state index is 11.5. The SMILES string of the molecule is CN(C)C(=O)NNc1ccc(CNc2cccc(-n3c(=S)[nH][nH]c3=S)c2)cc1. The van der Waals surface area contributed by atoms with Gasteiger partial charge in [0.15, 0.2) is 9.54 Å². The lowest BCUT2D eigenvalue weighted by Crippen LogP contribution is -2.38. The number of hydrogen-bond acceptors (Lipinski definition) is 5. The minimum absolute atomic E-state index is 0.215. The zero-order chi connectivity index (χ0) is 20.1. The van der Waals surface area contributed by atoms with Crippen LogP contribution in [0.1, 0.15) is 5.56 Å². The number of rotatable bonds is 6. The van der Waals surface area contributed by atoms with Crippen molar-refractivity contribution >= 4 is 41.8 Å². The molecule has 0 bridgehead atoms. The summed E-state index contributed by atoms with van der Waals surface area (Å²) in [6.45, 7) is 0.652. The molecule has 0 fully saturated rings. The molecule has 1 aromatic heterocycles. The highest BCUT2D eigenvalue weighted by Gasteiger charge is 2.04. The van der Waals surface area contributed by atoms with Gasteiger partial charge in [0.05, 0.1) is 11.4 Å². The van der Waals surface area contributed by atoms with E-state index in [-0.39, 0.29) is 6.03 Å². The Balaban J connectivity index is 1.62. The average molecular weight is 416 g/mol. The lowest BCUT2D eigenvalue weighted by Gasteiger charge is -2.14. The predicted molar refractivity (Wildman–Crippen MR) is 116 cm³/mol. The number of carbonyl (C=O) groups is 1. The molecule has 8 nitrogen and oxygen atoms in total. The van der Waals surface area contributed by atoms with Gasteiger partial charge in [-0.05, 0) is 60.3 Å². The largest absolute Gasteiger partial charge is 0.381 e. The zero-order valence-corrected chi connectivity index (χ0v) is 17.1. The third kappa shape index (κ3) is 4.78. The monoisotopic (exact) mass is 415 g/mol. The van der Waals surface area contributed by atoms with Gasteiger partial charge in [-0.2, -0.15) is 0 Å². The van der Waals surface area contributed by atoms with E-state index in [1.165, 1.54) is 4.90 Å². The molecule has 0 aliphatic heterocycles. The fourth-order valence-corrected chi connectivity index (χ4v) is 3.00. The maximum Gasteiger partial charge on any atom is 0.335 e. The fraction of sp³-hybridized carbons (Fsp3) is 0.167. The van der Waals surface area contributed by atoms with Crippen LogP contribution in [-0.4, -0.2) is 39.8 Å². The molecule has 1 heterocycles. The number of amides is 2. The maximum absolute atomic E-state index is 11.5.